The molecule has 0 aliphatic heterocycles. The molecule has 0 aliphatic rings. The minimum Gasteiger partial charge on any atom is -0.481 e. The van der Waals surface area contributed by atoms with Gasteiger partial charge in [-0.1, -0.05) is 6.92 Å². The molecule has 1 aromatic rings. The lowest BCUT2D eigenvalue weighted by Gasteiger charge is -2.23. The summed E-state index contributed by atoms with van der Waals surface area (Å²) in [6.07, 6.45) is 0.452. The second-order valence-electron chi connectivity index (χ2n) is 5.07. The molecule has 0 radical (unpaired) electrons. The molecule has 106 valence electrons. The van der Waals surface area contributed by atoms with Gasteiger partial charge in [0.2, 0.25) is 0 Å². The van der Waals surface area contributed by atoms with E-state index >= 15 is 0 Å². The van der Waals surface area contributed by atoms with Crippen LogP contribution in [0.4, 0.5) is 0 Å². The lowest BCUT2D eigenvalue weighted by molar-refractivity contribution is -0.147. The molecule has 0 aliphatic carbocycles. The Kier molecular flexibility index (Phi) is 4.34. The number of carboxylic acids is 1. The van der Waals surface area contributed by atoms with Crippen LogP contribution < -0.4 is 5.32 Å². The number of aryl methyl sites for hydroxylation is 2. The summed E-state index contributed by atoms with van der Waals surface area (Å²) in [7, 11) is 1.77. The summed E-state index contributed by atoms with van der Waals surface area (Å²) in [5.74, 6) is -1.18. The van der Waals surface area contributed by atoms with E-state index in [1.165, 1.54) is 0 Å². The number of nitrogens with zero attached hydrogens (tertiary/aromatic N) is 2. The number of carbonyl (C=O) groups is 2. The molecule has 0 saturated carbocycles. The molecule has 1 atom stereocenters. The number of rotatable bonds is 5. The molecular weight excluding hydrogens is 246 g/mol. The van der Waals surface area contributed by atoms with E-state index in [0.717, 1.165) is 5.69 Å². The summed E-state index contributed by atoms with van der Waals surface area (Å²) in [6.45, 7) is 7.09. The van der Waals surface area contributed by atoms with E-state index in [2.05, 4.69) is 10.4 Å². The fourth-order valence-electron chi connectivity index (χ4n) is 1.82. The fourth-order valence-corrected chi connectivity index (χ4v) is 1.82. The molecular formula is C13H21N3O3. The summed E-state index contributed by atoms with van der Waals surface area (Å²) >= 11 is 0. The van der Waals surface area contributed by atoms with Crippen LogP contribution in [0.25, 0.3) is 0 Å². The number of hydrogen-bond donors (Lipinski definition) is 2. The third-order valence-corrected chi connectivity index (χ3v) is 3.67. The normalized spacial score (nSPS) is 13.9. The molecule has 0 fully saturated rings. The Labute approximate surface area is 112 Å². The molecule has 1 unspecified atom stereocenters. The Morgan fingerprint density at radius 3 is 2.37 bits per heavy atom. The van der Waals surface area contributed by atoms with Crippen molar-refractivity contribution in [1.82, 2.24) is 15.1 Å². The van der Waals surface area contributed by atoms with Crippen LogP contribution in [0.1, 0.15) is 42.0 Å². The lowest BCUT2D eigenvalue weighted by Crippen LogP contribution is -2.40. The average Bonchev–Trinajstić information content (AvgIpc) is 2.59. The van der Waals surface area contributed by atoms with Crippen LogP contribution in [-0.2, 0) is 11.8 Å². The maximum absolute atomic E-state index is 12.1. The van der Waals surface area contributed by atoms with Gasteiger partial charge in [-0.15, -0.1) is 0 Å². The highest BCUT2D eigenvalue weighted by atomic mass is 16.4. The Hall–Kier alpha value is -1.85. The summed E-state index contributed by atoms with van der Waals surface area (Å²) in [6, 6.07) is 0. The molecule has 0 saturated heterocycles. The average molecular weight is 267 g/mol. The van der Waals surface area contributed by atoms with Crippen LogP contribution in [0.15, 0.2) is 0 Å². The SMILES string of the molecule is CCC(C)(CNC(=O)c1c(C)nn(C)c1C)C(=O)O. The van der Waals surface area contributed by atoms with E-state index < -0.39 is 11.4 Å². The summed E-state index contributed by atoms with van der Waals surface area (Å²) < 4.78 is 1.64. The highest BCUT2D eigenvalue weighted by Gasteiger charge is 2.32. The van der Waals surface area contributed by atoms with E-state index in [9.17, 15) is 9.59 Å². The van der Waals surface area contributed by atoms with Gasteiger partial charge in [0.15, 0.2) is 0 Å². The number of hydrogen-bond acceptors (Lipinski definition) is 3. The fraction of sp³-hybridized carbons (Fsp3) is 0.615. The lowest BCUT2D eigenvalue weighted by atomic mass is 9.87. The first kappa shape index (κ1) is 15.2. The summed E-state index contributed by atoms with van der Waals surface area (Å²) in [4.78, 5) is 23.3. The minimum absolute atomic E-state index is 0.103. The number of carboxylic acid groups (broad SMARTS) is 1. The van der Waals surface area contributed by atoms with Crippen molar-refractivity contribution in [2.24, 2.45) is 12.5 Å². The van der Waals surface area contributed by atoms with E-state index in [0.29, 0.717) is 17.7 Å². The molecule has 6 nitrogen and oxygen atoms in total. The van der Waals surface area contributed by atoms with Gasteiger partial charge in [0.25, 0.3) is 5.91 Å². The van der Waals surface area contributed by atoms with Crippen LogP contribution >= 0.6 is 0 Å². The van der Waals surface area contributed by atoms with E-state index in [1.54, 1.807) is 32.5 Å². The quantitative estimate of drug-likeness (QED) is 0.841. The summed E-state index contributed by atoms with van der Waals surface area (Å²) in [5.41, 5.74) is 0.987. The van der Waals surface area contributed by atoms with Gasteiger partial charge >= 0.3 is 5.97 Å². The molecule has 19 heavy (non-hydrogen) atoms. The second kappa shape index (κ2) is 5.42. The van der Waals surface area contributed by atoms with Gasteiger partial charge in [-0.05, 0) is 27.2 Å². The van der Waals surface area contributed by atoms with Gasteiger partial charge in [-0.25, -0.2) is 0 Å². The highest BCUT2D eigenvalue weighted by molar-refractivity contribution is 5.96. The zero-order chi connectivity index (χ0) is 14.8. The first-order chi connectivity index (χ1) is 8.73. The predicted octanol–water partition coefficient (Wildman–Crippen LogP) is 1.27. The zero-order valence-electron chi connectivity index (χ0n) is 12.1. The first-order valence-electron chi connectivity index (χ1n) is 6.24. The van der Waals surface area contributed by atoms with E-state index in [1.807, 2.05) is 6.92 Å². The number of aromatic nitrogens is 2. The van der Waals surface area contributed by atoms with Crippen molar-refractivity contribution in [2.75, 3.05) is 6.54 Å². The van der Waals surface area contributed by atoms with Gasteiger partial charge in [0.05, 0.1) is 16.7 Å². The van der Waals surface area contributed by atoms with Crippen molar-refractivity contribution in [3.05, 3.63) is 17.0 Å². The second-order valence-corrected chi connectivity index (χ2v) is 5.07. The minimum atomic E-state index is -0.945. The standard InChI is InChI=1S/C13H21N3O3/c1-6-13(4,12(18)19)7-14-11(17)10-8(2)15-16(5)9(10)3/h6-7H2,1-5H3,(H,14,17)(H,18,19). The topological polar surface area (TPSA) is 84.2 Å². The molecule has 2 N–H and O–H groups in total. The van der Waals surface area contributed by atoms with Crippen LogP contribution in [0.5, 0.6) is 0 Å². The highest BCUT2D eigenvalue weighted by Crippen LogP contribution is 2.20. The molecule has 0 aromatic carbocycles. The van der Waals surface area contributed by atoms with Crippen LogP contribution in [0.2, 0.25) is 0 Å². The predicted molar refractivity (Wildman–Crippen MR) is 71.0 cm³/mol. The van der Waals surface area contributed by atoms with E-state index in [4.69, 9.17) is 5.11 Å². The number of aliphatic carboxylic acids is 1. The number of nitrogens with one attached hydrogen (secondary N) is 1. The van der Waals surface area contributed by atoms with Gasteiger partial charge in [0, 0.05) is 19.3 Å². The van der Waals surface area contributed by atoms with Crippen molar-refractivity contribution in [2.45, 2.75) is 34.1 Å². The van der Waals surface area contributed by atoms with Crippen molar-refractivity contribution in [3.8, 4) is 0 Å². The molecule has 0 bridgehead atoms. The van der Waals surface area contributed by atoms with Gasteiger partial charge in [-0.2, -0.15) is 5.10 Å². The Morgan fingerprint density at radius 1 is 1.42 bits per heavy atom. The smallest absolute Gasteiger partial charge is 0.311 e. The van der Waals surface area contributed by atoms with Crippen LogP contribution in [0.3, 0.4) is 0 Å². The van der Waals surface area contributed by atoms with Crippen LogP contribution in [-0.4, -0.2) is 33.3 Å². The van der Waals surface area contributed by atoms with E-state index in [-0.39, 0.29) is 12.5 Å². The monoisotopic (exact) mass is 267 g/mol. The van der Waals surface area contributed by atoms with Gasteiger partial charge in [0.1, 0.15) is 0 Å². The number of carbonyl (C=O) groups excluding carboxylic acids is 1. The Balaban J connectivity index is 2.84. The van der Waals surface area contributed by atoms with Crippen molar-refractivity contribution >= 4 is 11.9 Å². The number of amides is 1. The van der Waals surface area contributed by atoms with Crippen molar-refractivity contribution < 1.29 is 14.7 Å². The molecule has 1 heterocycles. The Morgan fingerprint density at radius 2 is 2.00 bits per heavy atom. The first-order valence-corrected chi connectivity index (χ1v) is 6.24. The van der Waals surface area contributed by atoms with Gasteiger partial charge < -0.3 is 10.4 Å². The van der Waals surface area contributed by atoms with Gasteiger partial charge in [-0.3, -0.25) is 14.3 Å². The zero-order valence-corrected chi connectivity index (χ0v) is 12.1. The molecule has 1 rings (SSSR count). The largest absolute Gasteiger partial charge is 0.481 e. The third-order valence-electron chi connectivity index (χ3n) is 3.67. The molecule has 1 aromatic heterocycles. The summed E-state index contributed by atoms with van der Waals surface area (Å²) in [5, 5.41) is 16.0. The maximum atomic E-state index is 12.1. The van der Waals surface area contributed by atoms with Crippen LogP contribution in [0, 0.1) is 19.3 Å². The third kappa shape index (κ3) is 2.94. The molecule has 1 amide bonds. The van der Waals surface area contributed by atoms with Crippen molar-refractivity contribution in [3.63, 3.8) is 0 Å². The van der Waals surface area contributed by atoms with Crippen molar-refractivity contribution in [1.29, 1.82) is 0 Å². The molecule has 6 heteroatoms. The molecule has 0 spiro atoms. The Bertz CT molecular complexity index is 507. The maximum Gasteiger partial charge on any atom is 0.311 e.